The summed E-state index contributed by atoms with van der Waals surface area (Å²) < 4.78 is 4.86. The molecule has 3 heterocycles. The Balaban J connectivity index is 1.22. The molecule has 0 unspecified atom stereocenters. The van der Waals surface area contributed by atoms with Crippen molar-refractivity contribution in [3.05, 3.63) is 194 Å². The topological polar surface area (TPSA) is 35.6 Å². The minimum Gasteiger partial charge on any atom is -0.309 e. The molecule has 0 atom stereocenters. The predicted octanol–water partition coefficient (Wildman–Crippen LogP) is 12.8. The van der Waals surface area contributed by atoms with Crippen LogP contribution in [0.1, 0.15) is 0 Å². The van der Waals surface area contributed by atoms with Gasteiger partial charge in [0.25, 0.3) is 0 Å². The third kappa shape index (κ3) is 4.70. The molecule has 0 aliphatic heterocycles. The van der Waals surface area contributed by atoms with Crippen LogP contribution in [0.5, 0.6) is 0 Å². The minimum atomic E-state index is 0.704. The molecular formula is C50H32N4. The fraction of sp³-hybridized carbons (Fsp3) is 0. The van der Waals surface area contributed by atoms with Gasteiger partial charge in [-0.15, -0.1) is 0 Å². The molecule has 0 aliphatic rings. The van der Waals surface area contributed by atoms with Gasteiger partial charge < -0.3 is 9.13 Å². The highest BCUT2D eigenvalue weighted by Crippen LogP contribution is 2.44. The highest BCUT2D eigenvalue weighted by molar-refractivity contribution is 6.29. The highest BCUT2D eigenvalue weighted by atomic mass is 15.0. The van der Waals surface area contributed by atoms with Crippen LogP contribution in [0.2, 0.25) is 0 Å². The molecule has 0 amide bonds. The number of para-hydroxylation sites is 3. The first kappa shape index (κ1) is 30.3. The van der Waals surface area contributed by atoms with Crippen molar-refractivity contribution >= 4 is 54.4 Å². The Hall–Kier alpha value is -7.30. The van der Waals surface area contributed by atoms with E-state index in [1.54, 1.807) is 0 Å². The molecule has 8 aromatic carbocycles. The fourth-order valence-corrected chi connectivity index (χ4v) is 8.32. The molecule has 3 aromatic heterocycles. The highest BCUT2D eigenvalue weighted by Gasteiger charge is 2.22. The van der Waals surface area contributed by atoms with Crippen molar-refractivity contribution in [3.63, 3.8) is 0 Å². The van der Waals surface area contributed by atoms with Gasteiger partial charge in [-0.1, -0.05) is 140 Å². The fourth-order valence-electron chi connectivity index (χ4n) is 8.32. The van der Waals surface area contributed by atoms with Crippen LogP contribution in [-0.4, -0.2) is 19.1 Å². The molecule has 252 valence electrons. The summed E-state index contributed by atoms with van der Waals surface area (Å²) in [6.45, 7) is 0. The first-order valence-electron chi connectivity index (χ1n) is 18.3. The summed E-state index contributed by atoms with van der Waals surface area (Å²) in [5.74, 6) is 0.704. The van der Waals surface area contributed by atoms with Crippen LogP contribution in [-0.2, 0) is 0 Å². The number of aromatic nitrogens is 4. The molecule has 4 heteroatoms. The molecule has 0 aliphatic carbocycles. The standard InChI is InChI=1S/C50H32N4/c1-4-16-33(17-5-1)41-32-42(52-50(51-41)34-18-6-2-7-19-34)36-30-35-20-10-11-23-38(35)47(31-36)54-44-27-15-13-25-40(44)49-46(54)29-28-45-48(49)39-24-12-14-26-43(39)53(45)37-21-8-3-9-22-37/h1-32H. The Morgan fingerprint density at radius 1 is 0.333 bits per heavy atom. The molecule has 0 saturated heterocycles. The van der Waals surface area contributed by atoms with E-state index >= 15 is 0 Å². The van der Waals surface area contributed by atoms with Crippen molar-refractivity contribution < 1.29 is 0 Å². The number of nitrogens with zero attached hydrogens (tertiary/aromatic N) is 4. The lowest BCUT2D eigenvalue weighted by Crippen LogP contribution is -1.99. The molecule has 0 spiro atoms. The van der Waals surface area contributed by atoms with Crippen molar-refractivity contribution in [2.24, 2.45) is 0 Å². The Morgan fingerprint density at radius 2 is 0.833 bits per heavy atom. The van der Waals surface area contributed by atoms with Crippen LogP contribution < -0.4 is 0 Å². The van der Waals surface area contributed by atoms with Crippen molar-refractivity contribution in [1.29, 1.82) is 0 Å². The summed E-state index contributed by atoms with van der Waals surface area (Å²) in [5, 5.41) is 7.31. The van der Waals surface area contributed by atoms with Crippen molar-refractivity contribution in [1.82, 2.24) is 19.1 Å². The quantitative estimate of drug-likeness (QED) is 0.180. The van der Waals surface area contributed by atoms with Crippen LogP contribution in [0.15, 0.2) is 194 Å². The van der Waals surface area contributed by atoms with E-state index in [9.17, 15) is 0 Å². The monoisotopic (exact) mass is 688 g/mol. The normalized spacial score (nSPS) is 11.7. The van der Waals surface area contributed by atoms with E-state index in [1.165, 1.54) is 43.5 Å². The first-order valence-corrected chi connectivity index (χ1v) is 18.3. The maximum absolute atomic E-state index is 5.24. The number of rotatable bonds is 5. The number of benzene rings is 8. The summed E-state index contributed by atoms with van der Waals surface area (Å²) in [6, 6.07) is 69.0. The maximum Gasteiger partial charge on any atom is 0.160 e. The van der Waals surface area contributed by atoms with Gasteiger partial charge in [-0.25, -0.2) is 9.97 Å². The molecule has 11 rings (SSSR count). The smallest absolute Gasteiger partial charge is 0.160 e. The summed E-state index contributed by atoms with van der Waals surface area (Å²) in [6.07, 6.45) is 0. The van der Waals surface area contributed by atoms with Crippen LogP contribution in [0.4, 0.5) is 0 Å². The van der Waals surface area contributed by atoms with Crippen molar-refractivity contribution in [2.75, 3.05) is 0 Å². The Kier molecular flexibility index (Phi) is 6.82. The third-order valence-electron chi connectivity index (χ3n) is 10.7. The zero-order chi connectivity index (χ0) is 35.6. The SMILES string of the molecule is c1ccc(-c2cc(-c3cc(-n4c5ccccc5c5c6c7ccccc7n(-c7ccccc7)c6ccc54)c4ccccc4c3)nc(-c3ccccc3)n2)cc1. The second kappa shape index (κ2) is 12.1. The van der Waals surface area contributed by atoms with Gasteiger partial charge in [0, 0.05) is 49.3 Å². The van der Waals surface area contributed by atoms with E-state index in [1.807, 2.05) is 24.3 Å². The third-order valence-corrected chi connectivity index (χ3v) is 10.7. The summed E-state index contributed by atoms with van der Waals surface area (Å²) in [5.41, 5.74) is 11.8. The number of hydrogen-bond donors (Lipinski definition) is 0. The molecule has 0 bridgehead atoms. The van der Waals surface area contributed by atoms with E-state index in [-0.39, 0.29) is 0 Å². The molecule has 0 saturated carbocycles. The van der Waals surface area contributed by atoms with Gasteiger partial charge in [0.2, 0.25) is 0 Å². The van der Waals surface area contributed by atoms with Crippen LogP contribution in [0.25, 0.3) is 99.7 Å². The van der Waals surface area contributed by atoms with Gasteiger partial charge in [0.15, 0.2) is 5.82 Å². The molecule has 0 radical (unpaired) electrons. The van der Waals surface area contributed by atoms with Crippen LogP contribution in [0, 0.1) is 0 Å². The molecular weight excluding hydrogens is 657 g/mol. The maximum atomic E-state index is 5.24. The minimum absolute atomic E-state index is 0.704. The molecule has 54 heavy (non-hydrogen) atoms. The second-order valence-corrected chi connectivity index (χ2v) is 13.8. The molecule has 0 N–H and O–H groups in total. The predicted molar refractivity (Wildman–Crippen MR) is 225 cm³/mol. The van der Waals surface area contributed by atoms with Gasteiger partial charge in [-0.3, -0.25) is 0 Å². The molecule has 4 nitrogen and oxygen atoms in total. The van der Waals surface area contributed by atoms with E-state index in [0.29, 0.717) is 5.82 Å². The summed E-state index contributed by atoms with van der Waals surface area (Å²) in [4.78, 5) is 10.3. The Labute approximate surface area is 311 Å². The van der Waals surface area contributed by atoms with E-state index in [4.69, 9.17) is 9.97 Å². The van der Waals surface area contributed by atoms with Gasteiger partial charge in [0.05, 0.1) is 39.1 Å². The first-order chi connectivity index (χ1) is 26.8. The number of fused-ring (bicyclic) bond motifs is 8. The molecule has 11 aromatic rings. The molecule has 0 fully saturated rings. The van der Waals surface area contributed by atoms with Gasteiger partial charge in [0.1, 0.15) is 0 Å². The lowest BCUT2D eigenvalue weighted by atomic mass is 10.0. The zero-order valence-corrected chi connectivity index (χ0v) is 29.3. The second-order valence-electron chi connectivity index (χ2n) is 13.8. The van der Waals surface area contributed by atoms with Crippen molar-refractivity contribution in [3.8, 4) is 45.3 Å². The van der Waals surface area contributed by atoms with Gasteiger partial charge in [-0.05, 0) is 60.0 Å². The summed E-state index contributed by atoms with van der Waals surface area (Å²) >= 11 is 0. The van der Waals surface area contributed by atoms with Crippen LogP contribution in [0.3, 0.4) is 0 Å². The zero-order valence-electron chi connectivity index (χ0n) is 29.3. The van der Waals surface area contributed by atoms with E-state index in [0.717, 1.165) is 50.4 Å². The Morgan fingerprint density at radius 3 is 1.50 bits per heavy atom. The Bertz CT molecular complexity index is 3140. The lowest BCUT2D eigenvalue weighted by Gasteiger charge is -2.15. The van der Waals surface area contributed by atoms with Crippen molar-refractivity contribution in [2.45, 2.75) is 0 Å². The van der Waals surface area contributed by atoms with Crippen LogP contribution >= 0.6 is 0 Å². The number of hydrogen-bond acceptors (Lipinski definition) is 2. The average Bonchev–Trinajstić information content (AvgIpc) is 3.77. The van der Waals surface area contributed by atoms with Gasteiger partial charge >= 0.3 is 0 Å². The average molecular weight is 689 g/mol. The lowest BCUT2D eigenvalue weighted by molar-refractivity contribution is 1.17. The largest absolute Gasteiger partial charge is 0.309 e. The van der Waals surface area contributed by atoms with E-state index in [2.05, 4.69) is 179 Å². The van der Waals surface area contributed by atoms with E-state index < -0.39 is 0 Å². The van der Waals surface area contributed by atoms with Gasteiger partial charge in [-0.2, -0.15) is 0 Å². The summed E-state index contributed by atoms with van der Waals surface area (Å²) in [7, 11) is 0.